The largest absolute Gasteiger partial charge is 0.340 e. The second-order valence-electron chi connectivity index (χ2n) is 7.25. The summed E-state index contributed by atoms with van der Waals surface area (Å²) < 4.78 is 0. The Labute approximate surface area is 150 Å². The van der Waals surface area contributed by atoms with Crippen LogP contribution < -0.4 is 0 Å². The number of likely N-dealkylation sites (N-methyl/N-ethyl adjacent to an activating group) is 1. The number of piperazine rings is 1. The molecule has 0 aliphatic carbocycles. The van der Waals surface area contributed by atoms with Gasteiger partial charge in [0, 0.05) is 39.1 Å². The molecule has 1 aromatic carbocycles. The highest BCUT2D eigenvalue weighted by molar-refractivity contribution is 5.85. The number of rotatable bonds is 3. The van der Waals surface area contributed by atoms with Gasteiger partial charge in [-0.3, -0.25) is 9.59 Å². The number of aryl methyl sites for hydroxylation is 1. The number of hydrogen-bond acceptors (Lipinski definition) is 3. The van der Waals surface area contributed by atoms with E-state index in [1.54, 1.807) is 0 Å². The number of carbonyl (C=O) groups is 2. The maximum Gasteiger partial charge on any atom is 0.228 e. The van der Waals surface area contributed by atoms with E-state index in [0.29, 0.717) is 19.4 Å². The Morgan fingerprint density at radius 1 is 1.16 bits per heavy atom. The van der Waals surface area contributed by atoms with Crippen LogP contribution in [0.2, 0.25) is 0 Å². The average Bonchev–Trinajstić information content (AvgIpc) is 2.62. The van der Waals surface area contributed by atoms with E-state index in [-0.39, 0.29) is 23.8 Å². The van der Waals surface area contributed by atoms with Crippen LogP contribution in [-0.4, -0.2) is 66.3 Å². The third-order valence-electron chi connectivity index (χ3n) is 5.69. The lowest BCUT2D eigenvalue weighted by Crippen LogP contribution is -2.53. The van der Waals surface area contributed by atoms with Gasteiger partial charge in [-0.15, -0.1) is 0 Å². The number of carbonyl (C=O) groups excluding carboxylic acids is 2. The van der Waals surface area contributed by atoms with Gasteiger partial charge < -0.3 is 14.7 Å². The fourth-order valence-electron chi connectivity index (χ4n) is 4.15. The molecule has 136 valence electrons. The Hall–Kier alpha value is -1.88. The van der Waals surface area contributed by atoms with Crippen molar-refractivity contribution < 1.29 is 9.59 Å². The summed E-state index contributed by atoms with van der Waals surface area (Å²) in [4.78, 5) is 32.0. The highest BCUT2D eigenvalue weighted by atomic mass is 16.2. The molecule has 3 rings (SSSR count). The number of nitrogens with zero attached hydrogens (tertiary/aromatic N) is 3. The predicted molar refractivity (Wildman–Crippen MR) is 98.1 cm³/mol. The van der Waals surface area contributed by atoms with Gasteiger partial charge in [-0.2, -0.15) is 0 Å². The van der Waals surface area contributed by atoms with Gasteiger partial charge in [-0.1, -0.05) is 24.3 Å². The summed E-state index contributed by atoms with van der Waals surface area (Å²) in [6.45, 7) is 8.13. The molecule has 0 N–H and O–H groups in total. The molecule has 0 radical (unpaired) electrons. The fourth-order valence-corrected chi connectivity index (χ4v) is 4.15. The molecule has 0 spiro atoms. The Kier molecular flexibility index (Phi) is 5.42. The summed E-state index contributed by atoms with van der Waals surface area (Å²) in [7, 11) is 2.09. The van der Waals surface area contributed by atoms with Crippen LogP contribution in [0.15, 0.2) is 24.3 Å². The zero-order valence-electron chi connectivity index (χ0n) is 15.6. The first kappa shape index (κ1) is 17.9. The molecule has 2 heterocycles. The van der Waals surface area contributed by atoms with E-state index in [1.807, 2.05) is 28.9 Å². The summed E-state index contributed by atoms with van der Waals surface area (Å²) in [5.74, 6) is 0.243. The molecule has 2 fully saturated rings. The molecule has 2 amide bonds. The normalized spacial score (nSPS) is 25.3. The minimum atomic E-state index is -0.139. The first-order chi connectivity index (χ1) is 12.0. The van der Waals surface area contributed by atoms with Crippen molar-refractivity contribution in [3.8, 4) is 0 Å². The van der Waals surface area contributed by atoms with Crippen LogP contribution in [0.1, 0.15) is 36.9 Å². The van der Waals surface area contributed by atoms with Gasteiger partial charge in [-0.25, -0.2) is 0 Å². The van der Waals surface area contributed by atoms with Crippen LogP contribution in [0.4, 0.5) is 0 Å². The average molecular weight is 343 g/mol. The molecule has 5 heteroatoms. The number of likely N-dealkylation sites (tertiary alicyclic amines) is 1. The van der Waals surface area contributed by atoms with Crippen LogP contribution in [0.5, 0.6) is 0 Å². The van der Waals surface area contributed by atoms with Crippen molar-refractivity contribution in [2.24, 2.45) is 5.92 Å². The number of amides is 2. The third-order valence-corrected chi connectivity index (χ3v) is 5.69. The first-order valence-corrected chi connectivity index (χ1v) is 9.35. The zero-order chi connectivity index (χ0) is 18.0. The van der Waals surface area contributed by atoms with Crippen LogP contribution >= 0.6 is 0 Å². The minimum Gasteiger partial charge on any atom is -0.340 e. The Morgan fingerprint density at radius 2 is 1.84 bits per heavy atom. The Balaban J connectivity index is 1.91. The number of benzene rings is 1. The lowest BCUT2D eigenvalue weighted by Gasteiger charge is -2.43. The maximum atomic E-state index is 13.3. The molecule has 1 aromatic rings. The molecule has 2 atom stereocenters. The lowest BCUT2D eigenvalue weighted by molar-refractivity contribution is -0.148. The van der Waals surface area contributed by atoms with Crippen molar-refractivity contribution in [1.82, 2.24) is 14.7 Å². The van der Waals surface area contributed by atoms with E-state index < -0.39 is 0 Å². The van der Waals surface area contributed by atoms with Gasteiger partial charge in [0.25, 0.3) is 0 Å². The SMILES string of the molecule is CCN1C(=O)CC[C@@H](C(=O)N2CCN(C)CC2)[C@@H]1c1ccccc1C. The molecule has 2 aliphatic rings. The summed E-state index contributed by atoms with van der Waals surface area (Å²) >= 11 is 0. The molecule has 5 nitrogen and oxygen atoms in total. The molecule has 0 saturated carbocycles. The van der Waals surface area contributed by atoms with Gasteiger partial charge in [0.2, 0.25) is 11.8 Å². The number of hydrogen-bond donors (Lipinski definition) is 0. The Morgan fingerprint density at radius 3 is 2.48 bits per heavy atom. The van der Waals surface area contributed by atoms with E-state index in [4.69, 9.17) is 0 Å². The molecule has 2 aliphatic heterocycles. The summed E-state index contributed by atoms with van der Waals surface area (Å²) in [5.41, 5.74) is 2.27. The quantitative estimate of drug-likeness (QED) is 0.844. The standard InChI is InChI=1S/C20H29N3O2/c1-4-23-18(24)10-9-17(19(23)16-8-6-5-7-15(16)2)20(25)22-13-11-21(3)12-14-22/h5-8,17,19H,4,9-14H2,1-3H3/t17-,19+/m1/s1. The van der Waals surface area contributed by atoms with Gasteiger partial charge in [-0.05, 0) is 38.4 Å². The molecule has 2 saturated heterocycles. The predicted octanol–water partition coefficient (Wildman–Crippen LogP) is 2.07. The van der Waals surface area contributed by atoms with Crippen molar-refractivity contribution in [3.63, 3.8) is 0 Å². The van der Waals surface area contributed by atoms with E-state index >= 15 is 0 Å². The van der Waals surface area contributed by atoms with E-state index in [2.05, 4.69) is 31.0 Å². The molecule has 25 heavy (non-hydrogen) atoms. The molecule has 0 aromatic heterocycles. The topological polar surface area (TPSA) is 43.9 Å². The van der Waals surface area contributed by atoms with Crippen LogP contribution in [0.25, 0.3) is 0 Å². The summed E-state index contributed by atoms with van der Waals surface area (Å²) in [6, 6.07) is 8.02. The van der Waals surface area contributed by atoms with Crippen molar-refractivity contribution in [2.75, 3.05) is 39.8 Å². The van der Waals surface area contributed by atoms with Crippen molar-refractivity contribution in [1.29, 1.82) is 0 Å². The minimum absolute atomic E-state index is 0.137. The Bertz CT molecular complexity index is 638. The van der Waals surface area contributed by atoms with Crippen LogP contribution in [-0.2, 0) is 9.59 Å². The van der Waals surface area contributed by atoms with E-state index in [9.17, 15) is 9.59 Å². The van der Waals surface area contributed by atoms with Gasteiger partial charge in [0.15, 0.2) is 0 Å². The monoisotopic (exact) mass is 343 g/mol. The van der Waals surface area contributed by atoms with Crippen LogP contribution in [0, 0.1) is 12.8 Å². The van der Waals surface area contributed by atoms with Gasteiger partial charge in [0.05, 0.1) is 12.0 Å². The van der Waals surface area contributed by atoms with Crippen LogP contribution in [0.3, 0.4) is 0 Å². The summed E-state index contributed by atoms with van der Waals surface area (Å²) in [6.07, 6.45) is 1.12. The highest BCUT2D eigenvalue weighted by Gasteiger charge is 2.42. The summed E-state index contributed by atoms with van der Waals surface area (Å²) in [5, 5.41) is 0. The smallest absolute Gasteiger partial charge is 0.228 e. The van der Waals surface area contributed by atoms with Gasteiger partial charge >= 0.3 is 0 Å². The van der Waals surface area contributed by atoms with Crippen molar-refractivity contribution in [3.05, 3.63) is 35.4 Å². The highest BCUT2D eigenvalue weighted by Crippen LogP contribution is 2.39. The first-order valence-electron chi connectivity index (χ1n) is 9.35. The van der Waals surface area contributed by atoms with E-state index in [1.165, 1.54) is 0 Å². The van der Waals surface area contributed by atoms with Crippen molar-refractivity contribution in [2.45, 2.75) is 32.7 Å². The zero-order valence-corrected chi connectivity index (χ0v) is 15.6. The molecular formula is C20H29N3O2. The molecular weight excluding hydrogens is 314 g/mol. The van der Waals surface area contributed by atoms with E-state index in [0.717, 1.165) is 37.3 Å². The molecule has 0 bridgehead atoms. The number of piperidine rings is 1. The third kappa shape index (κ3) is 3.56. The second kappa shape index (κ2) is 7.56. The fraction of sp³-hybridized carbons (Fsp3) is 0.600. The lowest BCUT2D eigenvalue weighted by atomic mass is 9.81. The van der Waals surface area contributed by atoms with Gasteiger partial charge in [0.1, 0.15) is 0 Å². The second-order valence-corrected chi connectivity index (χ2v) is 7.25. The maximum absolute atomic E-state index is 13.3. The molecule has 0 unspecified atom stereocenters. The van der Waals surface area contributed by atoms with Crippen molar-refractivity contribution >= 4 is 11.8 Å².